The molecule has 1 saturated heterocycles. The molecule has 0 aromatic carbocycles. The zero-order chi connectivity index (χ0) is 20.4. The van der Waals surface area contributed by atoms with Crippen molar-refractivity contribution < 1.29 is 22.4 Å². The highest BCUT2D eigenvalue weighted by atomic mass is 19.4. The molecule has 0 bridgehead atoms. The number of carbonyl (C=O) groups is 1. The smallest absolute Gasteiger partial charge is 0.417 e. The standard InChI is InChI=1S/C18H15F3N6O2/c19-18(20,21)11-4-5-14(23-8-11)26-15-3-1-2-12(25-15)13-9-24-17(29-13)27-7-6-22-16(28)10-27/h1-5,8-9H,6-7,10H2,(H,22,28)(H,23,25,26). The van der Waals surface area contributed by atoms with E-state index in [1.807, 2.05) is 0 Å². The lowest BCUT2D eigenvalue weighted by atomic mass is 10.2. The molecule has 1 aliphatic heterocycles. The van der Waals surface area contributed by atoms with E-state index in [1.54, 1.807) is 23.1 Å². The number of nitrogens with one attached hydrogen (secondary N) is 2. The van der Waals surface area contributed by atoms with Gasteiger partial charge < -0.3 is 20.0 Å². The molecule has 0 radical (unpaired) electrons. The van der Waals surface area contributed by atoms with Crippen LogP contribution in [-0.4, -0.2) is 40.5 Å². The Hall–Kier alpha value is -3.63. The van der Waals surface area contributed by atoms with E-state index in [-0.39, 0.29) is 18.3 Å². The van der Waals surface area contributed by atoms with Crippen LogP contribution in [0.3, 0.4) is 0 Å². The first-order chi connectivity index (χ1) is 13.9. The van der Waals surface area contributed by atoms with Gasteiger partial charge in [-0.1, -0.05) is 6.07 Å². The molecule has 0 saturated carbocycles. The Balaban J connectivity index is 1.50. The van der Waals surface area contributed by atoms with Crippen molar-refractivity contribution in [2.45, 2.75) is 6.18 Å². The molecular weight excluding hydrogens is 389 g/mol. The lowest BCUT2D eigenvalue weighted by molar-refractivity contribution is -0.137. The number of piperazine rings is 1. The quantitative estimate of drug-likeness (QED) is 0.690. The van der Waals surface area contributed by atoms with E-state index in [0.29, 0.717) is 36.4 Å². The van der Waals surface area contributed by atoms with E-state index in [4.69, 9.17) is 4.42 Å². The molecule has 1 amide bonds. The summed E-state index contributed by atoms with van der Waals surface area (Å²) in [6, 6.07) is 7.56. The molecule has 4 heterocycles. The van der Waals surface area contributed by atoms with Gasteiger partial charge in [-0.2, -0.15) is 13.2 Å². The first-order valence-corrected chi connectivity index (χ1v) is 8.64. The molecule has 0 aliphatic carbocycles. The van der Waals surface area contributed by atoms with Gasteiger partial charge >= 0.3 is 6.18 Å². The maximum absolute atomic E-state index is 12.6. The Labute approximate surface area is 162 Å². The predicted molar refractivity (Wildman–Crippen MR) is 97.5 cm³/mol. The predicted octanol–water partition coefficient (Wildman–Crippen LogP) is 2.83. The molecule has 3 aromatic heterocycles. The fraction of sp³-hybridized carbons (Fsp3) is 0.222. The number of pyridine rings is 2. The third-order valence-electron chi connectivity index (χ3n) is 4.15. The van der Waals surface area contributed by atoms with Crippen LogP contribution >= 0.6 is 0 Å². The monoisotopic (exact) mass is 404 g/mol. The number of halogens is 3. The van der Waals surface area contributed by atoms with Crippen LogP contribution in [0, 0.1) is 0 Å². The number of amides is 1. The summed E-state index contributed by atoms with van der Waals surface area (Å²) >= 11 is 0. The maximum atomic E-state index is 12.6. The van der Waals surface area contributed by atoms with E-state index in [2.05, 4.69) is 25.6 Å². The highest BCUT2D eigenvalue weighted by Crippen LogP contribution is 2.29. The largest absolute Gasteiger partial charge is 0.422 e. The fourth-order valence-electron chi connectivity index (χ4n) is 2.74. The normalized spacial score (nSPS) is 14.6. The van der Waals surface area contributed by atoms with E-state index >= 15 is 0 Å². The van der Waals surface area contributed by atoms with Gasteiger partial charge in [0.05, 0.1) is 11.8 Å². The highest BCUT2D eigenvalue weighted by molar-refractivity contribution is 5.81. The number of hydrogen-bond acceptors (Lipinski definition) is 7. The van der Waals surface area contributed by atoms with Gasteiger partial charge in [0.25, 0.3) is 6.01 Å². The molecule has 0 unspecified atom stereocenters. The van der Waals surface area contributed by atoms with Crippen molar-refractivity contribution in [3.63, 3.8) is 0 Å². The van der Waals surface area contributed by atoms with Gasteiger partial charge in [-0.3, -0.25) is 4.79 Å². The minimum Gasteiger partial charge on any atom is -0.422 e. The lowest BCUT2D eigenvalue weighted by Gasteiger charge is -2.24. The van der Waals surface area contributed by atoms with Crippen molar-refractivity contribution in [3.8, 4) is 11.5 Å². The molecule has 3 aromatic rings. The Morgan fingerprint density at radius 3 is 2.69 bits per heavy atom. The SMILES string of the molecule is O=C1CN(c2ncc(-c3cccc(Nc4ccc(C(F)(F)F)cn4)n3)o2)CCN1. The molecule has 0 atom stereocenters. The second-order valence-electron chi connectivity index (χ2n) is 6.24. The van der Waals surface area contributed by atoms with E-state index in [1.165, 1.54) is 12.3 Å². The highest BCUT2D eigenvalue weighted by Gasteiger charge is 2.30. The van der Waals surface area contributed by atoms with E-state index in [0.717, 1.165) is 12.3 Å². The number of oxazole rings is 1. The van der Waals surface area contributed by atoms with Gasteiger partial charge in [-0.25, -0.2) is 15.0 Å². The lowest BCUT2D eigenvalue weighted by Crippen LogP contribution is -2.47. The summed E-state index contributed by atoms with van der Waals surface area (Å²) in [5, 5.41) is 5.58. The summed E-state index contributed by atoms with van der Waals surface area (Å²) in [7, 11) is 0. The molecule has 8 nitrogen and oxygen atoms in total. The Morgan fingerprint density at radius 2 is 1.97 bits per heavy atom. The molecule has 1 aliphatic rings. The van der Waals surface area contributed by atoms with Crippen LogP contribution in [0.1, 0.15) is 5.56 Å². The molecule has 11 heteroatoms. The molecular formula is C18H15F3N6O2. The molecule has 4 rings (SSSR count). The van der Waals surface area contributed by atoms with Crippen LogP contribution in [0.5, 0.6) is 0 Å². The third kappa shape index (κ3) is 4.28. The second-order valence-corrected chi connectivity index (χ2v) is 6.24. The fourth-order valence-corrected chi connectivity index (χ4v) is 2.74. The zero-order valence-corrected chi connectivity index (χ0v) is 14.9. The van der Waals surface area contributed by atoms with Crippen molar-refractivity contribution in [1.82, 2.24) is 20.3 Å². The molecule has 29 heavy (non-hydrogen) atoms. The van der Waals surface area contributed by atoms with Crippen molar-refractivity contribution in [3.05, 3.63) is 48.3 Å². The third-order valence-corrected chi connectivity index (χ3v) is 4.15. The second kappa shape index (κ2) is 7.41. The van der Waals surface area contributed by atoms with Gasteiger partial charge in [0.15, 0.2) is 5.76 Å². The molecule has 150 valence electrons. The number of carbonyl (C=O) groups excluding carboxylic acids is 1. The Bertz CT molecular complexity index is 1020. The summed E-state index contributed by atoms with van der Waals surface area (Å²) < 4.78 is 43.6. The molecule has 1 fully saturated rings. The first-order valence-electron chi connectivity index (χ1n) is 8.64. The summed E-state index contributed by atoms with van der Waals surface area (Å²) in [6.07, 6.45) is -2.18. The maximum Gasteiger partial charge on any atom is 0.417 e. The van der Waals surface area contributed by atoms with Crippen molar-refractivity contribution in [2.75, 3.05) is 29.9 Å². The average Bonchev–Trinajstić information content (AvgIpc) is 3.18. The first kappa shape index (κ1) is 18.7. The minimum atomic E-state index is -4.44. The van der Waals surface area contributed by atoms with Crippen LogP contribution in [0.15, 0.2) is 47.1 Å². The van der Waals surface area contributed by atoms with Gasteiger partial charge in [0, 0.05) is 19.3 Å². The van der Waals surface area contributed by atoms with Gasteiger partial charge in [-0.05, 0) is 24.3 Å². The van der Waals surface area contributed by atoms with Crippen molar-refractivity contribution in [1.29, 1.82) is 0 Å². The topological polar surface area (TPSA) is 96.2 Å². The number of nitrogens with zero attached hydrogens (tertiary/aromatic N) is 4. The van der Waals surface area contributed by atoms with Crippen molar-refractivity contribution in [2.24, 2.45) is 0 Å². The van der Waals surface area contributed by atoms with Gasteiger partial charge in [0.1, 0.15) is 23.9 Å². The number of alkyl halides is 3. The minimum absolute atomic E-state index is 0.107. The number of rotatable bonds is 4. The van der Waals surface area contributed by atoms with Crippen molar-refractivity contribution >= 4 is 23.6 Å². The van der Waals surface area contributed by atoms with Crippen LogP contribution in [0.25, 0.3) is 11.5 Å². The van der Waals surface area contributed by atoms with Crippen LogP contribution in [0.4, 0.5) is 30.8 Å². The van der Waals surface area contributed by atoms with Crippen LogP contribution < -0.4 is 15.5 Å². The van der Waals surface area contributed by atoms with Gasteiger partial charge in [0.2, 0.25) is 5.91 Å². The van der Waals surface area contributed by atoms with E-state index < -0.39 is 11.7 Å². The van der Waals surface area contributed by atoms with E-state index in [9.17, 15) is 18.0 Å². The average molecular weight is 404 g/mol. The summed E-state index contributed by atoms with van der Waals surface area (Å²) in [4.78, 5) is 25.6. The number of aromatic nitrogens is 3. The zero-order valence-electron chi connectivity index (χ0n) is 14.9. The number of hydrogen-bond donors (Lipinski definition) is 2. The Morgan fingerprint density at radius 1 is 1.10 bits per heavy atom. The van der Waals surface area contributed by atoms with Crippen LogP contribution in [0.2, 0.25) is 0 Å². The number of anilines is 3. The Kier molecular flexibility index (Phi) is 4.79. The van der Waals surface area contributed by atoms with Crippen LogP contribution in [-0.2, 0) is 11.0 Å². The molecule has 0 spiro atoms. The summed E-state index contributed by atoms with van der Waals surface area (Å²) in [5.41, 5.74) is -0.354. The summed E-state index contributed by atoms with van der Waals surface area (Å²) in [6.45, 7) is 1.25. The molecule has 2 N–H and O–H groups in total. The summed E-state index contributed by atoms with van der Waals surface area (Å²) in [5.74, 6) is 0.893. The van der Waals surface area contributed by atoms with Gasteiger partial charge in [-0.15, -0.1) is 0 Å².